The number of nitrogens with zero attached hydrogens (tertiary/aromatic N) is 2. The van der Waals surface area contributed by atoms with E-state index in [0.717, 1.165) is 30.8 Å². The molecule has 2 rings (SSSR count). The molecule has 0 aliphatic heterocycles. The number of hydrogen-bond acceptors (Lipinski definition) is 3. The van der Waals surface area contributed by atoms with Gasteiger partial charge in [-0.2, -0.15) is 5.10 Å². The monoisotopic (exact) mass is 279 g/mol. The molecule has 0 amide bonds. The molecule has 1 aliphatic carbocycles. The fraction of sp³-hybridized carbons (Fsp3) is 0.733. The summed E-state index contributed by atoms with van der Waals surface area (Å²) in [6.45, 7) is 8.94. The van der Waals surface area contributed by atoms with Gasteiger partial charge in [0.05, 0.1) is 11.7 Å². The predicted octanol–water partition coefficient (Wildman–Crippen LogP) is 2.36. The molecule has 1 saturated carbocycles. The Morgan fingerprint density at radius 1 is 1.50 bits per heavy atom. The summed E-state index contributed by atoms with van der Waals surface area (Å²) in [4.78, 5) is 11.7. The zero-order chi connectivity index (χ0) is 14.9. The second kappa shape index (κ2) is 5.56. The number of nitrogens with one attached hydrogen (secondary N) is 1. The van der Waals surface area contributed by atoms with Crippen LogP contribution in [0.4, 0.5) is 0 Å². The van der Waals surface area contributed by atoms with Gasteiger partial charge in [0.15, 0.2) is 0 Å². The summed E-state index contributed by atoms with van der Waals surface area (Å²) >= 11 is 0. The maximum atomic E-state index is 11.7. The van der Waals surface area contributed by atoms with Gasteiger partial charge in [-0.1, -0.05) is 6.92 Å². The van der Waals surface area contributed by atoms with Crippen LogP contribution in [-0.4, -0.2) is 32.9 Å². The molecule has 0 aromatic carbocycles. The van der Waals surface area contributed by atoms with Crippen LogP contribution in [0, 0.1) is 20.8 Å². The second-order valence-electron chi connectivity index (χ2n) is 5.95. The number of carboxylic acid groups (broad SMARTS) is 1. The van der Waals surface area contributed by atoms with Gasteiger partial charge in [0.1, 0.15) is 5.54 Å². The number of aryl methyl sites for hydroxylation is 1. The smallest absolute Gasteiger partial charge is 0.323 e. The molecular weight excluding hydrogens is 254 g/mol. The largest absolute Gasteiger partial charge is 0.480 e. The summed E-state index contributed by atoms with van der Waals surface area (Å²) in [5, 5.41) is 17.4. The lowest BCUT2D eigenvalue weighted by Crippen LogP contribution is -2.50. The third-order valence-corrected chi connectivity index (χ3v) is 4.64. The van der Waals surface area contributed by atoms with Crippen molar-refractivity contribution in [3.05, 3.63) is 17.0 Å². The second-order valence-corrected chi connectivity index (χ2v) is 5.95. The Labute approximate surface area is 120 Å². The quantitative estimate of drug-likeness (QED) is 0.868. The van der Waals surface area contributed by atoms with Gasteiger partial charge in [-0.25, -0.2) is 0 Å². The Morgan fingerprint density at radius 2 is 2.20 bits per heavy atom. The Balaban J connectivity index is 2.21. The molecule has 0 radical (unpaired) electrons. The molecule has 1 aliphatic rings. The highest BCUT2D eigenvalue weighted by atomic mass is 16.4. The Hall–Kier alpha value is -1.36. The lowest BCUT2D eigenvalue weighted by Gasteiger charge is -2.26. The molecule has 1 aromatic rings. The minimum Gasteiger partial charge on any atom is -0.480 e. The molecule has 1 fully saturated rings. The summed E-state index contributed by atoms with van der Waals surface area (Å²) in [5.74, 6) is -0.730. The lowest BCUT2D eigenvalue weighted by molar-refractivity contribution is -0.144. The molecule has 0 saturated heterocycles. The Morgan fingerprint density at radius 3 is 2.70 bits per heavy atom. The van der Waals surface area contributed by atoms with E-state index in [1.165, 1.54) is 5.56 Å². The molecule has 1 heterocycles. The number of rotatable bonds is 5. The Bertz CT molecular complexity index is 509. The average Bonchev–Trinajstić information content (AvgIpc) is 2.95. The molecule has 112 valence electrons. The minimum absolute atomic E-state index is 0.183. The van der Waals surface area contributed by atoms with Crippen LogP contribution in [0.25, 0.3) is 0 Å². The summed E-state index contributed by atoms with van der Waals surface area (Å²) in [6.07, 6.45) is 3.09. The van der Waals surface area contributed by atoms with E-state index in [-0.39, 0.29) is 6.04 Å². The van der Waals surface area contributed by atoms with E-state index in [1.807, 2.05) is 11.6 Å². The molecule has 2 unspecified atom stereocenters. The van der Waals surface area contributed by atoms with E-state index in [1.54, 1.807) is 0 Å². The van der Waals surface area contributed by atoms with Crippen LogP contribution in [0.3, 0.4) is 0 Å². The number of aromatic nitrogens is 2. The van der Waals surface area contributed by atoms with Crippen molar-refractivity contribution in [2.75, 3.05) is 6.54 Å². The van der Waals surface area contributed by atoms with E-state index >= 15 is 0 Å². The summed E-state index contributed by atoms with van der Waals surface area (Å²) in [6, 6.07) is 0.183. The van der Waals surface area contributed by atoms with Crippen molar-refractivity contribution in [1.82, 2.24) is 15.1 Å². The van der Waals surface area contributed by atoms with Gasteiger partial charge < -0.3 is 10.4 Å². The zero-order valence-corrected chi connectivity index (χ0v) is 12.9. The molecular formula is C15H25N3O2. The molecule has 2 atom stereocenters. The first-order valence-electron chi connectivity index (χ1n) is 7.42. The van der Waals surface area contributed by atoms with E-state index in [2.05, 4.69) is 31.2 Å². The number of carbonyl (C=O) groups is 1. The van der Waals surface area contributed by atoms with Crippen LogP contribution in [0.5, 0.6) is 0 Å². The van der Waals surface area contributed by atoms with Crippen LogP contribution in [0.1, 0.15) is 55.6 Å². The maximum absolute atomic E-state index is 11.7. The van der Waals surface area contributed by atoms with Crippen molar-refractivity contribution in [3.8, 4) is 0 Å². The van der Waals surface area contributed by atoms with E-state index < -0.39 is 11.5 Å². The SMILES string of the molecule is CCCNC1(C(=O)O)CCC(n2nc(C)c(C)c2C)C1. The normalized spacial score (nSPS) is 26.1. The van der Waals surface area contributed by atoms with Gasteiger partial charge in [0.25, 0.3) is 0 Å². The third kappa shape index (κ3) is 2.46. The van der Waals surface area contributed by atoms with Gasteiger partial charge in [-0.05, 0) is 58.6 Å². The molecule has 5 heteroatoms. The van der Waals surface area contributed by atoms with Gasteiger partial charge in [-0.3, -0.25) is 9.48 Å². The van der Waals surface area contributed by atoms with Crippen LogP contribution in [-0.2, 0) is 4.79 Å². The zero-order valence-electron chi connectivity index (χ0n) is 12.9. The van der Waals surface area contributed by atoms with E-state index in [4.69, 9.17) is 0 Å². The molecule has 5 nitrogen and oxygen atoms in total. The predicted molar refractivity (Wildman–Crippen MR) is 78.0 cm³/mol. The highest BCUT2D eigenvalue weighted by Crippen LogP contribution is 2.39. The van der Waals surface area contributed by atoms with Gasteiger partial charge in [-0.15, -0.1) is 0 Å². The number of carboxylic acids is 1. The third-order valence-electron chi connectivity index (χ3n) is 4.64. The number of hydrogen-bond donors (Lipinski definition) is 2. The standard InChI is InChI=1S/C15H25N3O2/c1-5-8-16-15(14(19)20)7-6-13(9-15)18-12(4)10(2)11(3)17-18/h13,16H,5-9H2,1-4H3,(H,19,20). The van der Waals surface area contributed by atoms with Crippen LogP contribution in [0.2, 0.25) is 0 Å². The van der Waals surface area contributed by atoms with E-state index in [0.29, 0.717) is 12.8 Å². The summed E-state index contributed by atoms with van der Waals surface area (Å²) in [7, 11) is 0. The highest BCUT2D eigenvalue weighted by Gasteiger charge is 2.46. The van der Waals surface area contributed by atoms with Crippen LogP contribution in [0.15, 0.2) is 0 Å². The molecule has 2 N–H and O–H groups in total. The molecule has 0 spiro atoms. The van der Waals surface area contributed by atoms with Crippen molar-refractivity contribution < 1.29 is 9.90 Å². The minimum atomic E-state index is -0.777. The van der Waals surface area contributed by atoms with Gasteiger partial charge in [0.2, 0.25) is 0 Å². The fourth-order valence-corrected chi connectivity index (χ4v) is 3.12. The first kappa shape index (κ1) is 15.0. The first-order valence-corrected chi connectivity index (χ1v) is 7.42. The van der Waals surface area contributed by atoms with Crippen molar-refractivity contribution in [3.63, 3.8) is 0 Å². The summed E-state index contributed by atoms with van der Waals surface area (Å²) in [5.41, 5.74) is 2.63. The molecule has 20 heavy (non-hydrogen) atoms. The van der Waals surface area contributed by atoms with Gasteiger partial charge >= 0.3 is 5.97 Å². The maximum Gasteiger partial charge on any atom is 0.323 e. The topological polar surface area (TPSA) is 67.2 Å². The molecule has 1 aromatic heterocycles. The lowest BCUT2D eigenvalue weighted by atomic mass is 9.97. The number of aliphatic carboxylic acids is 1. The van der Waals surface area contributed by atoms with Crippen molar-refractivity contribution in [1.29, 1.82) is 0 Å². The van der Waals surface area contributed by atoms with Crippen LogP contribution >= 0.6 is 0 Å². The summed E-state index contributed by atoms with van der Waals surface area (Å²) < 4.78 is 2.03. The molecule has 0 bridgehead atoms. The first-order chi connectivity index (χ1) is 9.41. The Kier molecular flexibility index (Phi) is 4.18. The van der Waals surface area contributed by atoms with Crippen molar-refractivity contribution in [2.24, 2.45) is 0 Å². The van der Waals surface area contributed by atoms with Crippen molar-refractivity contribution in [2.45, 2.75) is 65.0 Å². The highest BCUT2D eigenvalue weighted by molar-refractivity contribution is 5.79. The van der Waals surface area contributed by atoms with Crippen molar-refractivity contribution >= 4 is 5.97 Å². The van der Waals surface area contributed by atoms with Gasteiger partial charge in [0, 0.05) is 5.69 Å². The van der Waals surface area contributed by atoms with Crippen LogP contribution < -0.4 is 5.32 Å². The fourth-order valence-electron chi connectivity index (χ4n) is 3.12. The van der Waals surface area contributed by atoms with E-state index in [9.17, 15) is 9.90 Å². The average molecular weight is 279 g/mol.